The Morgan fingerprint density at radius 3 is 2.71 bits per heavy atom. The number of anilines is 1. The minimum atomic E-state index is -1.05. The van der Waals surface area contributed by atoms with Gasteiger partial charge in [-0.1, -0.05) is 0 Å². The minimum Gasteiger partial charge on any atom is -0.496 e. The van der Waals surface area contributed by atoms with Crippen LogP contribution in [0.25, 0.3) is 0 Å². The van der Waals surface area contributed by atoms with Crippen molar-refractivity contribution in [1.29, 1.82) is 0 Å². The van der Waals surface area contributed by atoms with Crippen LogP contribution in [0.5, 0.6) is 5.75 Å². The molecule has 0 heterocycles. The second-order valence-corrected chi connectivity index (χ2v) is 5.96. The number of ether oxygens (including phenoxy) is 1. The van der Waals surface area contributed by atoms with Crippen LogP contribution in [0, 0.1) is 0 Å². The Morgan fingerprint density at radius 2 is 2.19 bits per heavy atom. The van der Waals surface area contributed by atoms with Crippen LogP contribution in [-0.2, 0) is 4.79 Å². The second-order valence-electron chi connectivity index (χ2n) is 4.12. The van der Waals surface area contributed by atoms with E-state index in [1.54, 1.807) is 25.3 Å². The van der Waals surface area contributed by atoms with E-state index in [9.17, 15) is 9.59 Å². The maximum atomic E-state index is 11.8. The van der Waals surface area contributed by atoms with Crippen LogP contribution in [0.4, 0.5) is 10.5 Å². The molecule has 1 atom stereocenters. The normalized spacial score (nSPS) is 11.6. The van der Waals surface area contributed by atoms with Gasteiger partial charge in [0, 0.05) is 5.69 Å². The van der Waals surface area contributed by atoms with E-state index in [1.807, 2.05) is 6.26 Å². The van der Waals surface area contributed by atoms with Gasteiger partial charge in [0.2, 0.25) is 0 Å². The first-order valence-corrected chi connectivity index (χ1v) is 8.29. The molecule has 1 rings (SSSR count). The number of carboxylic acids is 1. The van der Waals surface area contributed by atoms with Crippen LogP contribution >= 0.6 is 27.7 Å². The lowest BCUT2D eigenvalue weighted by atomic mass is 10.2. The van der Waals surface area contributed by atoms with Gasteiger partial charge in [0.05, 0.1) is 11.6 Å². The summed E-state index contributed by atoms with van der Waals surface area (Å²) in [4.78, 5) is 22.9. The molecule has 0 bridgehead atoms. The van der Waals surface area contributed by atoms with Gasteiger partial charge in [0.1, 0.15) is 11.8 Å². The molecule has 1 aromatic rings. The van der Waals surface area contributed by atoms with Gasteiger partial charge < -0.3 is 20.5 Å². The Bertz CT molecular complexity index is 513. The van der Waals surface area contributed by atoms with Crippen molar-refractivity contribution in [2.45, 2.75) is 12.5 Å². The number of hydrogen-bond acceptors (Lipinski definition) is 4. The van der Waals surface area contributed by atoms with Gasteiger partial charge in [0.25, 0.3) is 0 Å². The zero-order valence-corrected chi connectivity index (χ0v) is 14.1. The molecular weight excluding hydrogens is 360 g/mol. The number of nitrogens with one attached hydrogen (secondary N) is 2. The van der Waals surface area contributed by atoms with Gasteiger partial charge >= 0.3 is 12.0 Å². The van der Waals surface area contributed by atoms with Gasteiger partial charge in [-0.15, -0.1) is 0 Å². The summed E-state index contributed by atoms with van der Waals surface area (Å²) in [5.41, 5.74) is 0.536. The number of hydrogen-bond donors (Lipinski definition) is 3. The molecule has 0 saturated heterocycles. The average Bonchev–Trinajstić information content (AvgIpc) is 2.43. The maximum Gasteiger partial charge on any atom is 0.326 e. The molecule has 1 aromatic carbocycles. The third kappa shape index (κ3) is 5.84. The van der Waals surface area contributed by atoms with Crippen molar-refractivity contribution in [3.63, 3.8) is 0 Å². The molecular formula is C13H17BrN2O4S. The van der Waals surface area contributed by atoms with Gasteiger partial charge in [0.15, 0.2) is 0 Å². The number of carbonyl (C=O) groups excluding carboxylic acids is 1. The molecule has 0 fully saturated rings. The summed E-state index contributed by atoms with van der Waals surface area (Å²) < 4.78 is 5.78. The quantitative estimate of drug-likeness (QED) is 0.680. The number of aliphatic carboxylic acids is 1. The molecule has 0 aromatic heterocycles. The first-order valence-electron chi connectivity index (χ1n) is 6.10. The zero-order chi connectivity index (χ0) is 15.8. The minimum absolute atomic E-state index is 0.371. The van der Waals surface area contributed by atoms with Crippen molar-refractivity contribution >= 4 is 45.4 Å². The maximum absolute atomic E-state index is 11.8. The predicted molar refractivity (Wildman–Crippen MR) is 87.3 cm³/mol. The fraction of sp³-hybridized carbons (Fsp3) is 0.385. The van der Waals surface area contributed by atoms with E-state index in [2.05, 4.69) is 26.6 Å². The largest absolute Gasteiger partial charge is 0.496 e. The van der Waals surface area contributed by atoms with Crippen LogP contribution in [0.3, 0.4) is 0 Å². The van der Waals surface area contributed by atoms with Crippen molar-refractivity contribution in [3.05, 3.63) is 22.7 Å². The Morgan fingerprint density at radius 1 is 1.48 bits per heavy atom. The Hall–Kier alpha value is -1.41. The number of carbonyl (C=O) groups is 2. The van der Waals surface area contributed by atoms with Crippen molar-refractivity contribution < 1.29 is 19.4 Å². The highest BCUT2D eigenvalue weighted by molar-refractivity contribution is 9.10. The van der Waals surface area contributed by atoms with E-state index in [1.165, 1.54) is 11.8 Å². The molecule has 8 heteroatoms. The number of urea groups is 1. The van der Waals surface area contributed by atoms with Gasteiger partial charge in [-0.05, 0) is 52.6 Å². The fourth-order valence-corrected chi connectivity index (χ4v) is 2.57. The van der Waals surface area contributed by atoms with Crippen molar-refractivity contribution in [2.75, 3.05) is 24.4 Å². The van der Waals surface area contributed by atoms with E-state index in [0.29, 0.717) is 28.1 Å². The summed E-state index contributed by atoms with van der Waals surface area (Å²) in [7, 11) is 1.54. The summed E-state index contributed by atoms with van der Waals surface area (Å²) in [6.07, 6.45) is 2.25. The van der Waals surface area contributed by atoms with E-state index < -0.39 is 18.0 Å². The molecule has 0 aliphatic carbocycles. The number of amides is 2. The van der Waals surface area contributed by atoms with Crippen molar-refractivity contribution in [1.82, 2.24) is 5.32 Å². The number of benzene rings is 1. The highest BCUT2D eigenvalue weighted by atomic mass is 79.9. The third-order valence-corrected chi connectivity index (χ3v) is 3.89. The third-order valence-electron chi connectivity index (χ3n) is 2.62. The fourth-order valence-electron chi connectivity index (χ4n) is 1.56. The second kappa shape index (κ2) is 8.78. The molecule has 0 aliphatic heterocycles. The summed E-state index contributed by atoms with van der Waals surface area (Å²) in [5, 5.41) is 14.1. The van der Waals surface area contributed by atoms with Gasteiger partial charge in [-0.3, -0.25) is 0 Å². The Labute approximate surface area is 135 Å². The Kier molecular flexibility index (Phi) is 7.38. The lowest BCUT2D eigenvalue weighted by molar-refractivity contribution is -0.139. The van der Waals surface area contributed by atoms with Crippen LogP contribution in [-0.4, -0.2) is 42.3 Å². The summed E-state index contributed by atoms with van der Waals surface area (Å²) in [6.45, 7) is 0. The highest BCUT2D eigenvalue weighted by Gasteiger charge is 2.19. The van der Waals surface area contributed by atoms with Crippen LogP contribution < -0.4 is 15.4 Å². The van der Waals surface area contributed by atoms with E-state index in [-0.39, 0.29) is 0 Å². The van der Waals surface area contributed by atoms with E-state index in [0.717, 1.165) is 0 Å². The smallest absolute Gasteiger partial charge is 0.326 e. The Balaban J connectivity index is 2.63. The number of methoxy groups -OCH3 is 1. The van der Waals surface area contributed by atoms with E-state index >= 15 is 0 Å². The molecule has 116 valence electrons. The topological polar surface area (TPSA) is 87.7 Å². The highest BCUT2D eigenvalue weighted by Crippen LogP contribution is 2.27. The molecule has 0 unspecified atom stereocenters. The summed E-state index contributed by atoms with van der Waals surface area (Å²) in [6, 6.07) is 3.58. The molecule has 21 heavy (non-hydrogen) atoms. The van der Waals surface area contributed by atoms with E-state index in [4.69, 9.17) is 9.84 Å². The molecule has 0 saturated carbocycles. The lowest BCUT2D eigenvalue weighted by Gasteiger charge is -2.15. The number of thioether (sulfide) groups is 1. The molecule has 3 N–H and O–H groups in total. The van der Waals surface area contributed by atoms with Crippen LogP contribution in [0.2, 0.25) is 0 Å². The zero-order valence-electron chi connectivity index (χ0n) is 11.7. The molecule has 6 nitrogen and oxygen atoms in total. The number of halogens is 1. The average molecular weight is 377 g/mol. The van der Waals surface area contributed by atoms with Crippen LogP contribution in [0.1, 0.15) is 6.42 Å². The van der Waals surface area contributed by atoms with Crippen molar-refractivity contribution in [2.24, 2.45) is 0 Å². The predicted octanol–water partition coefficient (Wildman–Crippen LogP) is 2.79. The number of rotatable bonds is 7. The monoisotopic (exact) mass is 376 g/mol. The molecule has 0 aliphatic rings. The SMILES string of the molecule is COc1ccc(NC(=O)N[C@H](CCSC)C(=O)O)cc1Br. The molecule has 2 amide bonds. The van der Waals surface area contributed by atoms with Gasteiger partial charge in [-0.2, -0.15) is 11.8 Å². The van der Waals surface area contributed by atoms with Crippen molar-refractivity contribution in [3.8, 4) is 5.75 Å². The first-order chi connectivity index (χ1) is 9.97. The molecule has 0 radical (unpaired) electrons. The van der Waals surface area contributed by atoms with Crippen LogP contribution in [0.15, 0.2) is 22.7 Å². The molecule has 0 spiro atoms. The lowest BCUT2D eigenvalue weighted by Crippen LogP contribution is -2.43. The number of carboxylic acid groups (broad SMARTS) is 1. The van der Waals surface area contributed by atoms with Gasteiger partial charge in [-0.25, -0.2) is 9.59 Å². The first kappa shape index (κ1) is 17.6. The summed E-state index contributed by atoms with van der Waals surface area (Å²) >= 11 is 4.84. The standard InChI is InChI=1S/C13H17BrN2O4S/c1-20-11-4-3-8(7-9(11)14)15-13(19)16-10(12(17)18)5-6-21-2/h3-4,7,10H,5-6H2,1-2H3,(H,17,18)(H2,15,16,19)/t10-/m1/s1. The summed E-state index contributed by atoms with van der Waals surface area (Å²) in [5.74, 6) is 0.255.